The smallest absolute Gasteiger partial charge is 0.0542 e. The van der Waals surface area contributed by atoms with Crippen LogP contribution >= 0.6 is 0 Å². The largest absolute Gasteiger partial charge is 0.310 e. The number of aromatic nitrogens is 1. The van der Waals surface area contributed by atoms with Gasteiger partial charge in [-0.2, -0.15) is 0 Å². The van der Waals surface area contributed by atoms with Crippen LogP contribution in [-0.2, 0) is 0 Å². The summed E-state index contributed by atoms with van der Waals surface area (Å²) in [5.41, 5.74) is 14.1. The van der Waals surface area contributed by atoms with Crippen LogP contribution in [0.25, 0.3) is 82.4 Å². The molecule has 0 amide bonds. The number of rotatable bonds is 7. The molecule has 10 aromatic carbocycles. The Hall–Kier alpha value is -7.68. The fraction of sp³-hybridized carbons (Fsp3) is 0. The van der Waals surface area contributed by atoms with Gasteiger partial charge in [0.25, 0.3) is 0 Å². The van der Waals surface area contributed by atoms with Crippen LogP contribution in [0.5, 0.6) is 0 Å². The Balaban J connectivity index is 1.01. The van der Waals surface area contributed by atoms with Crippen LogP contribution in [-0.4, -0.2) is 4.57 Å². The second-order valence-electron chi connectivity index (χ2n) is 15.0. The van der Waals surface area contributed by atoms with Gasteiger partial charge in [0.1, 0.15) is 0 Å². The number of hydrogen-bond acceptors (Lipinski definition) is 1. The van der Waals surface area contributed by atoms with Crippen LogP contribution in [0.2, 0.25) is 0 Å². The molecule has 0 unspecified atom stereocenters. The molecule has 11 aromatic rings. The molecule has 58 heavy (non-hydrogen) atoms. The van der Waals surface area contributed by atoms with Gasteiger partial charge in [0.15, 0.2) is 0 Å². The summed E-state index contributed by atoms with van der Waals surface area (Å²) >= 11 is 0. The molecule has 0 saturated carbocycles. The van der Waals surface area contributed by atoms with Gasteiger partial charge >= 0.3 is 0 Å². The van der Waals surface area contributed by atoms with Crippen molar-refractivity contribution in [3.63, 3.8) is 0 Å². The van der Waals surface area contributed by atoms with Crippen molar-refractivity contribution in [2.75, 3.05) is 4.90 Å². The highest BCUT2D eigenvalue weighted by Crippen LogP contribution is 2.41. The molecule has 2 heteroatoms. The van der Waals surface area contributed by atoms with Crippen molar-refractivity contribution >= 4 is 60.4 Å². The van der Waals surface area contributed by atoms with Gasteiger partial charge in [-0.3, -0.25) is 0 Å². The maximum Gasteiger partial charge on any atom is 0.0542 e. The molecule has 0 aliphatic rings. The third-order valence-corrected chi connectivity index (χ3v) is 11.5. The van der Waals surface area contributed by atoms with Crippen molar-refractivity contribution in [1.29, 1.82) is 0 Å². The second kappa shape index (κ2) is 14.1. The van der Waals surface area contributed by atoms with E-state index in [0.717, 1.165) is 22.7 Å². The van der Waals surface area contributed by atoms with E-state index in [0.29, 0.717) is 0 Å². The van der Waals surface area contributed by atoms with E-state index in [1.54, 1.807) is 0 Å². The van der Waals surface area contributed by atoms with Gasteiger partial charge < -0.3 is 9.47 Å². The number of hydrogen-bond donors (Lipinski definition) is 0. The predicted molar refractivity (Wildman–Crippen MR) is 247 cm³/mol. The molecule has 1 heterocycles. The van der Waals surface area contributed by atoms with E-state index in [9.17, 15) is 0 Å². The summed E-state index contributed by atoms with van der Waals surface area (Å²) in [6, 6.07) is 83.7. The number of fused-ring (bicyclic) bond motifs is 5. The molecule has 0 aliphatic heterocycles. The fourth-order valence-corrected chi connectivity index (χ4v) is 8.63. The van der Waals surface area contributed by atoms with E-state index in [1.165, 1.54) is 76.7 Å². The first-order chi connectivity index (χ1) is 28.7. The van der Waals surface area contributed by atoms with E-state index < -0.39 is 0 Å². The fourth-order valence-electron chi connectivity index (χ4n) is 8.63. The lowest BCUT2D eigenvalue weighted by molar-refractivity contribution is 1.18. The Labute approximate surface area is 338 Å². The van der Waals surface area contributed by atoms with Crippen molar-refractivity contribution < 1.29 is 0 Å². The van der Waals surface area contributed by atoms with Gasteiger partial charge in [-0.25, -0.2) is 0 Å². The van der Waals surface area contributed by atoms with E-state index in [-0.39, 0.29) is 0 Å². The molecule has 0 atom stereocenters. The molecule has 0 radical (unpaired) electrons. The summed E-state index contributed by atoms with van der Waals surface area (Å²) < 4.78 is 2.37. The van der Waals surface area contributed by atoms with Crippen LogP contribution in [0.3, 0.4) is 0 Å². The molecule has 11 rings (SSSR count). The van der Waals surface area contributed by atoms with E-state index in [2.05, 4.69) is 240 Å². The van der Waals surface area contributed by atoms with E-state index in [4.69, 9.17) is 0 Å². The Morgan fingerprint density at radius 2 is 0.741 bits per heavy atom. The molecule has 272 valence electrons. The van der Waals surface area contributed by atoms with Crippen LogP contribution in [0.1, 0.15) is 0 Å². The molecule has 1 aromatic heterocycles. The maximum atomic E-state index is 2.39. The Kier molecular flexibility index (Phi) is 8.19. The number of para-hydroxylation sites is 2. The molecular formula is C56H38N2. The topological polar surface area (TPSA) is 8.17 Å². The summed E-state index contributed by atoms with van der Waals surface area (Å²) in [5, 5.41) is 7.43. The molecule has 0 fully saturated rings. The number of benzene rings is 10. The van der Waals surface area contributed by atoms with Gasteiger partial charge in [-0.15, -0.1) is 0 Å². The minimum Gasteiger partial charge on any atom is -0.310 e. The summed E-state index contributed by atoms with van der Waals surface area (Å²) in [6.07, 6.45) is 0. The lowest BCUT2D eigenvalue weighted by Gasteiger charge is -2.26. The van der Waals surface area contributed by atoms with Gasteiger partial charge in [0.05, 0.1) is 11.0 Å². The standard InChI is InChI=1S/C56H38N2/c1-3-12-39(13-4-1)41-28-30-50(31-29-41)57(52-32-33-56-54(38-52)53-20-9-10-21-55(53)58(56)49-17-5-2-6-18-49)51-19-11-16-43(37-51)44-24-25-48-36-47(27-26-46(48)35-44)45-23-22-40-14-7-8-15-42(40)34-45/h1-38H. The lowest BCUT2D eigenvalue weighted by Crippen LogP contribution is -2.10. The summed E-state index contributed by atoms with van der Waals surface area (Å²) in [7, 11) is 0. The lowest BCUT2D eigenvalue weighted by atomic mass is 9.96. The van der Waals surface area contributed by atoms with Gasteiger partial charge in [-0.05, 0) is 134 Å². The third kappa shape index (κ3) is 6.00. The molecule has 0 N–H and O–H groups in total. The zero-order chi connectivity index (χ0) is 38.4. The first-order valence-electron chi connectivity index (χ1n) is 19.9. The van der Waals surface area contributed by atoms with E-state index in [1.807, 2.05) is 0 Å². The highest BCUT2D eigenvalue weighted by atomic mass is 15.1. The second-order valence-corrected chi connectivity index (χ2v) is 15.0. The Morgan fingerprint density at radius 1 is 0.259 bits per heavy atom. The molecule has 0 aliphatic carbocycles. The average molecular weight is 739 g/mol. The summed E-state index contributed by atoms with van der Waals surface area (Å²) in [6.45, 7) is 0. The minimum atomic E-state index is 1.10. The van der Waals surface area contributed by atoms with Crippen molar-refractivity contribution in [3.05, 3.63) is 231 Å². The first kappa shape index (κ1) is 33.6. The van der Waals surface area contributed by atoms with Crippen LogP contribution < -0.4 is 4.90 Å². The van der Waals surface area contributed by atoms with Crippen LogP contribution in [0.15, 0.2) is 231 Å². The quantitative estimate of drug-likeness (QED) is 0.158. The van der Waals surface area contributed by atoms with E-state index >= 15 is 0 Å². The van der Waals surface area contributed by atoms with Crippen LogP contribution in [0, 0.1) is 0 Å². The highest BCUT2D eigenvalue weighted by Gasteiger charge is 2.18. The normalized spacial score (nSPS) is 11.4. The highest BCUT2D eigenvalue weighted by molar-refractivity contribution is 6.10. The predicted octanol–water partition coefficient (Wildman–Crippen LogP) is 15.6. The third-order valence-electron chi connectivity index (χ3n) is 11.5. The summed E-state index contributed by atoms with van der Waals surface area (Å²) in [4.78, 5) is 2.39. The SMILES string of the molecule is c1ccc(-c2ccc(N(c3cccc(-c4ccc5cc(-c6ccc7ccccc7c6)ccc5c4)c3)c3ccc4c(c3)c3ccccc3n4-c3ccccc3)cc2)cc1. The molecule has 0 bridgehead atoms. The summed E-state index contributed by atoms with van der Waals surface area (Å²) in [5.74, 6) is 0. The Bertz CT molecular complexity index is 3270. The number of nitrogens with zero attached hydrogens (tertiary/aromatic N) is 2. The van der Waals surface area contributed by atoms with Crippen molar-refractivity contribution in [2.45, 2.75) is 0 Å². The Morgan fingerprint density at radius 3 is 1.47 bits per heavy atom. The van der Waals surface area contributed by atoms with Gasteiger partial charge in [0, 0.05) is 33.5 Å². The maximum absolute atomic E-state index is 2.39. The molecule has 0 saturated heterocycles. The van der Waals surface area contributed by atoms with Crippen LogP contribution in [0.4, 0.5) is 17.1 Å². The van der Waals surface area contributed by atoms with Gasteiger partial charge in [0.2, 0.25) is 0 Å². The monoisotopic (exact) mass is 738 g/mol. The van der Waals surface area contributed by atoms with Crippen molar-refractivity contribution in [3.8, 4) is 39.1 Å². The van der Waals surface area contributed by atoms with Gasteiger partial charge in [-0.1, -0.05) is 152 Å². The number of anilines is 3. The molecule has 2 nitrogen and oxygen atoms in total. The minimum absolute atomic E-state index is 1.10. The first-order valence-corrected chi connectivity index (χ1v) is 19.9. The van der Waals surface area contributed by atoms with Crippen molar-refractivity contribution in [1.82, 2.24) is 4.57 Å². The zero-order valence-corrected chi connectivity index (χ0v) is 31.8. The zero-order valence-electron chi connectivity index (χ0n) is 31.8. The van der Waals surface area contributed by atoms with Crippen molar-refractivity contribution in [2.24, 2.45) is 0 Å². The molecule has 0 spiro atoms. The average Bonchev–Trinajstić information content (AvgIpc) is 3.63. The molecular weight excluding hydrogens is 701 g/mol.